The van der Waals surface area contributed by atoms with E-state index in [-0.39, 0.29) is 18.4 Å². The van der Waals surface area contributed by atoms with Gasteiger partial charge in [-0.25, -0.2) is 0 Å². The molecular weight excluding hydrogens is 258 g/mol. The molecule has 1 heterocycles. The van der Waals surface area contributed by atoms with Gasteiger partial charge in [0, 0.05) is 28.2 Å². The summed E-state index contributed by atoms with van der Waals surface area (Å²) in [4.78, 5) is 12.9. The minimum absolute atomic E-state index is 0.0776. The van der Waals surface area contributed by atoms with Crippen LogP contribution in [-0.4, -0.2) is 17.6 Å². The molecule has 3 nitrogen and oxygen atoms in total. The molecule has 1 rings (SSSR count). The van der Waals surface area contributed by atoms with Gasteiger partial charge in [-0.1, -0.05) is 32.1 Å². The summed E-state index contributed by atoms with van der Waals surface area (Å²) >= 11 is 1.59. The van der Waals surface area contributed by atoms with Crippen LogP contribution in [-0.2, 0) is 11.3 Å². The summed E-state index contributed by atoms with van der Waals surface area (Å²) in [5.41, 5.74) is 0.948. The number of hydrogen-bond acceptors (Lipinski definition) is 3. The van der Waals surface area contributed by atoms with Gasteiger partial charge in [-0.05, 0) is 12.5 Å². The maximum absolute atomic E-state index is 11.8. The quantitative estimate of drug-likeness (QED) is 0.786. The van der Waals surface area contributed by atoms with Crippen LogP contribution >= 0.6 is 11.3 Å². The maximum Gasteiger partial charge on any atom is 0.223 e. The molecule has 1 aromatic rings. The Bertz CT molecular complexity index is 456. The van der Waals surface area contributed by atoms with Crippen molar-refractivity contribution in [2.45, 2.75) is 39.7 Å². The van der Waals surface area contributed by atoms with Crippen LogP contribution in [0, 0.1) is 17.8 Å². The number of rotatable bonds is 6. The average Bonchev–Trinajstić information content (AvgIpc) is 2.84. The highest BCUT2D eigenvalue weighted by Gasteiger charge is 2.11. The van der Waals surface area contributed by atoms with E-state index in [0.29, 0.717) is 13.0 Å². The first-order valence-electron chi connectivity index (χ1n) is 6.62. The molecule has 0 fully saturated rings. The fourth-order valence-electron chi connectivity index (χ4n) is 1.67. The van der Waals surface area contributed by atoms with E-state index in [4.69, 9.17) is 5.11 Å². The van der Waals surface area contributed by atoms with Crippen molar-refractivity contribution in [3.05, 3.63) is 21.9 Å². The molecule has 104 valence electrons. The third-order valence-corrected chi connectivity index (χ3v) is 3.67. The Kier molecular flexibility index (Phi) is 7.24. The highest BCUT2D eigenvalue weighted by molar-refractivity contribution is 7.10. The highest BCUT2D eigenvalue weighted by atomic mass is 32.1. The van der Waals surface area contributed by atoms with Crippen molar-refractivity contribution >= 4 is 17.2 Å². The van der Waals surface area contributed by atoms with Crippen molar-refractivity contribution in [2.24, 2.45) is 5.92 Å². The van der Waals surface area contributed by atoms with Crippen LogP contribution in [0.3, 0.4) is 0 Å². The lowest BCUT2D eigenvalue weighted by Gasteiger charge is -2.09. The van der Waals surface area contributed by atoms with Gasteiger partial charge in [-0.2, -0.15) is 0 Å². The van der Waals surface area contributed by atoms with Crippen LogP contribution in [0.1, 0.15) is 43.6 Å². The number of thiophene rings is 1. The second-order valence-corrected chi connectivity index (χ2v) is 5.48. The van der Waals surface area contributed by atoms with E-state index in [9.17, 15) is 4.79 Å². The molecule has 0 saturated carbocycles. The molecule has 0 radical (unpaired) electrons. The maximum atomic E-state index is 11.8. The minimum atomic E-state index is 0.0776. The van der Waals surface area contributed by atoms with Gasteiger partial charge in [0.1, 0.15) is 0 Å². The zero-order chi connectivity index (χ0) is 14.1. The van der Waals surface area contributed by atoms with Gasteiger partial charge < -0.3 is 10.4 Å². The molecule has 1 atom stereocenters. The van der Waals surface area contributed by atoms with E-state index in [1.54, 1.807) is 11.3 Å². The summed E-state index contributed by atoms with van der Waals surface area (Å²) < 4.78 is 0. The van der Waals surface area contributed by atoms with Crippen molar-refractivity contribution < 1.29 is 9.90 Å². The molecular formula is C15H21NO2S. The van der Waals surface area contributed by atoms with E-state index >= 15 is 0 Å². The third-order valence-electron chi connectivity index (χ3n) is 2.73. The summed E-state index contributed by atoms with van der Waals surface area (Å²) in [6, 6.07) is 1.99. The molecule has 2 N–H and O–H groups in total. The van der Waals surface area contributed by atoms with Crippen LogP contribution in [0.2, 0.25) is 0 Å². The number of aliphatic hydroxyl groups is 1. The lowest BCUT2D eigenvalue weighted by atomic mass is 10.1. The van der Waals surface area contributed by atoms with Gasteiger partial charge in [0.05, 0.1) is 13.2 Å². The summed E-state index contributed by atoms with van der Waals surface area (Å²) in [5, 5.41) is 13.6. The van der Waals surface area contributed by atoms with Crippen molar-refractivity contribution in [1.29, 1.82) is 0 Å². The molecule has 4 heteroatoms. The molecule has 0 spiro atoms. The number of carbonyl (C=O) groups is 1. The van der Waals surface area contributed by atoms with Gasteiger partial charge in [-0.3, -0.25) is 4.79 Å². The van der Waals surface area contributed by atoms with Gasteiger partial charge in [0.25, 0.3) is 0 Å². The predicted molar refractivity (Wildman–Crippen MR) is 78.8 cm³/mol. The molecule has 1 amide bonds. The van der Waals surface area contributed by atoms with Crippen molar-refractivity contribution in [2.75, 3.05) is 6.61 Å². The van der Waals surface area contributed by atoms with Crippen molar-refractivity contribution in [3.8, 4) is 11.8 Å². The Labute approximate surface area is 119 Å². The van der Waals surface area contributed by atoms with E-state index in [1.165, 1.54) is 0 Å². The molecule has 0 aliphatic heterocycles. The van der Waals surface area contributed by atoms with Crippen molar-refractivity contribution in [1.82, 2.24) is 5.32 Å². The smallest absolute Gasteiger partial charge is 0.223 e. The molecule has 19 heavy (non-hydrogen) atoms. The number of amides is 1. The van der Waals surface area contributed by atoms with Gasteiger partial charge in [0.2, 0.25) is 5.91 Å². The van der Waals surface area contributed by atoms with Gasteiger partial charge in [0.15, 0.2) is 0 Å². The molecule has 0 saturated heterocycles. The van der Waals surface area contributed by atoms with E-state index in [1.807, 2.05) is 18.4 Å². The Morgan fingerprint density at radius 2 is 2.37 bits per heavy atom. The van der Waals surface area contributed by atoms with Crippen LogP contribution < -0.4 is 5.32 Å². The minimum Gasteiger partial charge on any atom is -0.395 e. The van der Waals surface area contributed by atoms with Crippen LogP contribution in [0.4, 0.5) is 0 Å². The summed E-state index contributed by atoms with van der Waals surface area (Å²) in [7, 11) is 0. The Hall–Kier alpha value is -1.31. The molecule has 0 aromatic carbocycles. The second-order valence-electron chi connectivity index (χ2n) is 4.48. The first-order chi connectivity index (χ1) is 9.17. The molecule has 1 aromatic heterocycles. The van der Waals surface area contributed by atoms with Crippen molar-refractivity contribution in [3.63, 3.8) is 0 Å². The summed E-state index contributed by atoms with van der Waals surface area (Å²) in [5.74, 6) is 6.06. The fourth-order valence-corrected chi connectivity index (χ4v) is 2.43. The SMILES string of the molecule is CCCC(C)C(=O)NCc1cc(C#CCCO)cs1. The average molecular weight is 279 g/mol. The van der Waals surface area contributed by atoms with Gasteiger partial charge in [-0.15, -0.1) is 11.3 Å². The fraction of sp³-hybridized carbons (Fsp3) is 0.533. The monoisotopic (exact) mass is 279 g/mol. The Morgan fingerprint density at radius 3 is 3.05 bits per heavy atom. The molecule has 0 aliphatic rings. The Balaban J connectivity index is 2.42. The lowest BCUT2D eigenvalue weighted by molar-refractivity contribution is -0.124. The van der Waals surface area contributed by atoms with E-state index in [2.05, 4.69) is 24.1 Å². The highest BCUT2D eigenvalue weighted by Crippen LogP contribution is 2.14. The first-order valence-corrected chi connectivity index (χ1v) is 7.50. The van der Waals surface area contributed by atoms with Crippen LogP contribution in [0.5, 0.6) is 0 Å². The van der Waals surface area contributed by atoms with Crippen LogP contribution in [0.25, 0.3) is 0 Å². The second kappa shape index (κ2) is 8.73. The van der Waals surface area contributed by atoms with E-state index in [0.717, 1.165) is 23.3 Å². The molecule has 1 unspecified atom stereocenters. The Morgan fingerprint density at radius 1 is 1.58 bits per heavy atom. The number of aliphatic hydroxyl groups excluding tert-OH is 1. The zero-order valence-corrected chi connectivity index (χ0v) is 12.3. The van der Waals surface area contributed by atoms with Gasteiger partial charge >= 0.3 is 0 Å². The summed E-state index contributed by atoms with van der Waals surface area (Å²) in [6.07, 6.45) is 2.45. The number of nitrogens with one attached hydrogen (secondary N) is 1. The molecule has 0 aliphatic carbocycles. The number of hydrogen-bond donors (Lipinski definition) is 2. The lowest BCUT2D eigenvalue weighted by Crippen LogP contribution is -2.28. The molecule has 0 bridgehead atoms. The third kappa shape index (κ3) is 5.91. The topological polar surface area (TPSA) is 49.3 Å². The zero-order valence-electron chi connectivity index (χ0n) is 11.5. The summed E-state index contributed by atoms with van der Waals surface area (Å²) in [6.45, 7) is 4.70. The largest absolute Gasteiger partial charge is 0.395 e. The van der Waals surface area contributed by atoms with E-state index < -0.39 is 0 Å². The first kappa shape index (κ1) is 15.7. The normalized spacial score (nSPS) is 11.5. The number of carbonyl (C=O) groups excluding carboxylic acids is 1. The standard InChI is InChI=1S/C15H21NO2S/c1-3-6-12(2)15(18)16-10-14-9-13(11-19-14)7-4-5-8-17/h9,11-12,17H,3,5-6,8,10H2,1-2H3,(H,16,18). The predicted octanol–water partition coefficient (Wildman–Crippen LogP) is 2.53. The van der Waals surface area contributed by atoms with Crippen LogP contribution in [0.15, 0.2) is 11.4 Å².